The van der Waals surface area contributed by atoms with Gasteiger partial charge in [-0.05, 0) is 84.6 Å². The van der Waals surface area contributed by atoms with E-state index < -0.39 is 0 Å². The highest BCUT2D eigenvalue weighted by molar-refractivity contribution is 6.01. The molecular weight excluding hydrogens is 872 g/mol. The van der Waals surface area contributed by atoms with E-state index in [1.54, 1.807) is 36.4 Å². The van der Waals surface area contributed by atoms with Crippen LogP contribution in [-0.4, -0.2) is 59.4 Å². The second-order valence-corrected chi connectivity index (χ2v) is 16.0. The largest absolute Gasteiger partial charge is 0.487 e. The topological polar surface area (TPSA) is 117 Å². The first kappa shape index (κ1) is 52.3. The number of ketones is 2. The third kappa shape index (κ3) is 17.6. The van der Waals surface area contributed by atoms with Gasteiger partial charge in [0.25, 0.3) is 0 Å². The quantitative estimate of drug-likeness (QED) is 0.0431. The number of nitrogens with one attached hydrogen (secondary N) is 2. The molecule has 10 nitrogen and oxygen atoms in total. The molecule has 0 radical (unpaired) electrons. The van der Waals surface area contributed by atoms with E-state index in [1.807, 2.05) is 97.1 Å². The van der Waals surface area contributed by atoms with Crippen molar-refractivity contribution in [2.45, 2.75) is 65.8 Å². The molecule has 0 unspecified atom stereocenters. The Morgan fingerprint density at radius 3 is 1.11 bits per heavy atom. The lowest BCUT2D eigenvalue weighted by atomic mass is 10.1. The van der Waals surface area contributed by atoms with Crippen molar-refractivity contribution < 1.29 is 28.7 Å². The number of unbranched alkanes of at least 4 members (excludes halogenated alkanes) is 3. The van der Waals surface area contributed by atoms with Gasteiger partial charge in [0.15, 0.2) is 11.6 Å². The SMILES string of the molecule is CC(=O)Nc1cc(C(=O)CN(CCCCCCN(CC(=O)c2ccc(OCc3ccccc3)c(NC(C)=O)c2)Cc2ccccc2)Cc2ccccc2)ccc1OCc1ccccc1.Cl.Cl. The molecule has 12 heteroatoms. The number of carbonyl (C=O) groups excluding carboxylic acids is 4. The van der Waals surface area contributed by atoms with Crippen molar-refractivity contribution in [3.05, 3.63) is 191 Å². The molecule has 6 aromatic rings. The maximum absolute atomic E-state index is 13.8. The summed E-state index contributed by atoms with van der Waals surface area (Å²) in [5.41, 5.74) is 6.16. The van der Waals surface area contributed by atoms with E-state index in [1.165, 1.54) is 13.8 Å². The predicted octanol–water partition coefficient (Wildman–Crippen LogP) is 11.2. The summed E-state index contributed by atoms with van der Waals surface area (Å²) < 4.78 is 12.1. The van der Waals surface area contributed by atoms with Gasteiger partial charge in [0.05, 0.1) is 24.5 Å². The van der Waals surface area contributed by atoms with Crippen LogP contribution in [0.15, 0.2) is 158 Å². The average molecular weight is 932 g/mol. The number of carbonyl (C=O) groups is 4. The zero-order chi connectivity index (χ0) is 44.9. The second-order valence-electron chi connectivity index (χ2n) is 16.0. The van der Waals surface area contributed by atoms with Gasteiger partial charge in [0, 0.05) is 38.1 Å². The Hall–Kier alpha value is -6.30. The molecule has 0 aliphatic carbocycles. The Labute approximate surface area is 401 Å². The van der Waals surface area contributed by atoms with Crippen LogP contribution in [0.5, 0.6) is 11.5 Å². The van der Waals surface area contributed by atoms with Gasteiger partial charge in [-0.1, -0.05) is 134 Å². The van der Waals surface area contributed by atoms with Crippen LogP contribution in [0.2, 0.25) is 0 Å². The summed E-state index contributed by atoms with van der Waals surface area (Å²) in [5, 5.41) is 5.68. The molecule has 2 amide bonds. The van der Waals surface area contributed by atoms with Crippen molar-refractivity contribution in [3.63, 3.8) is 0 Å². The van der Waals surface area contributed by atoms with E-state index in [-0.39, 0.29) is 61.3 Å². The lowest BCUT2D eigenvalue weighted by molar-refractivity contribution is -0.115. The summed E-state index contributed by atoms with van der Waals surface area (Å²) in [5.74, 6) is 0.413. The van der Waals surface area contributed by atoms with Gasteiger partial charge in [0.2, 0.25) is 11.8 Å². The first-order valence-electron chi connectivity index (χ1n) is 21.9. The summed E-state index contributed by atoms with van der Waals surface area (Å²) in [6, 6.07) is 50.3. The highest BCUT2D eigenvalue weighted by atomic mass is 35.5. The zero-order valence-corrected chi connectivity index (χ0v) is 39.3. The fourth-order valence-corrected chi connectivity index (χ4v) is 7.43. The lowest BCUT2D eigenvalue weighted by Gasteiger charge is -2.23. The summed E-state index contributed by atoms with van der Waals surface area (Å²) in [6.07, 6.45) is 3.70. The first-order chi connectivity index (χ1) is 31.2. The van der Waals surface area contributed by atoms with Crippen LogP contribution >= 0.6 is 24.8 Å². The molecule has 0 saturated carbocycles. The van der Waals surface area contributed by atoms with E-state index in [0.717, 1.165) is 61.0 Å². The van der Waals surface area contributed by atoms with E-state index in [9.17, 15) is 19.2 Å². The molecule has 0 atom stereocenters. The standard InChI is InChI=1S/C54H58N4O6.2ClH/c1-41(59)55-49-33-47(27-29-53(49)63-39-45-23-13-7-14-24-45)51(61)37-57(35-43-19-9-5-10-20-43)31-17-3-4-18-32-58(36-44-21-11-6-12-22-44)38-52(62)48-28-30-54(50(34-48)56-42(2)60)64-40-46-25-15-8-16-26-46;;/h5-16,19-30,33-34H,3-4,17-18,31-32,35-40H2,1-2H3,(H,55,59)(H,56,60);2*1H. The van der Waals surface area contributed by atoms with Crippen LogP contribution in [0.25, 0.3) is 0 Å². The summed E-state index contributed by atoms with van der Waals surface area (Å²) in [6.45, 7) is 6.68. The van der Waals surface area contributed by atoms with E-state index >= 15 is 0 Å². The minimum absolute atomic E-state index is 0. The smallest absolute Gasteiger partial charge is 0.221 e. The number of hydrogen-bond donors (Lipinski definition) is 2. The van der Waals surface area contributed by atoms with Crippen molar-refractivity contribution >= 4 is 59.6 Å². The predicted molar refractivity (Wildman–Crippen MR) is 268 cm³/mol. The first-order valence-corrected chi connectivity index (χ1v) is 21.9. The molecular formula is C54H60Cl2N4O6. The maximum atomic E-state index is 13.8. The van der Waals surface area contributed by atoms with Gasteiger partial charge in [-0.3, -0.25) is 29.0 Å². The molecule has 0 heterocycles. The minimum Gasteiger partial charge on any atom is -0.487 e. The number of nitrogens with zero attached hydrogens (tertiary/aromatic N) is 2. The van der Waals surface area contributed by atoms with Gasteiger partial charge >= 0.3 is 0 Å². The van der Waals surface area contributed by atoms with Crippen LogP contribution in [0.4, 0.5) is 11.4 Å². The summed E-state index contributed by atoms with van der Waals surface area (Å²) in [7, 11) is 0. The number of benzene rings is 6. The molecule has 0 aliphatic heterocycles. The Kier molecular flexibility index (Phi) is 22.1. The Bertz CT molecular complexity index is 2250. The number of halogens is 2. The molecule has 2 N–H and O–H groups in total. The van der Waals surface area contributed by atoms with Crippen molar-refractivity contribution in [3.8, 4) is 11.5 Å². The molecule has 6 aromatic carbocycles. The number of Topliss-reactive ketones (excluding diaryl/α,β-unsaturated/α-hetero) is 2. The molecule has 0 saturated heterocycles. The highest BCUT2D eigenvalue weighted by Crippen LogP contribution is 2.29. The normalized spacial score (nSPS) is 10.7. The monoisotopic (exact) mass is 930 g/mol. The Morgan fingerprint density at radius 2 is 0.773 bits per heavy atom. The molecule has 0 fully saturated rings. The van der Waals surface area contributed by atoms with Gasteiger partial charge in [0.1, 0.15) is 24.7 Å². The molecule has 66 heavy (non-hydrogen) atoms. The summed E-state index contributed by atoms with van der Waals surface area (Å²) in [4.78, 5) is 56.3. The van der Waals surface area contributed by atoms with E-state index in [4.69, 9.17) is 9.47 Å². The van der Waals surface area contributed by atoms with Crippen molar-refractivity contribution in [1.82, 2.24) is 9.80 Å². The second kappa shape index (κ2) is 27.9. The van der Waals surface area contributed by atoms with E-state index in [2.05, 4.69) is 44.7 Å². The minimum atomic E-state index is -0.248. The number of rotatable bonds is 25. The van der Waals surface area contributed by atoms with Gasteiger partial charge < -0.3 is 20.1 Å². The van der Waals surface area contributed by atoms with Crippen LogP contribution in [0.1, 0.15) is 82.5 Å². The molecule has 0 spiro atoms. The lowest BCUT2D eigenvalue weighted by Crippen LogP contribution is -2.31. The molecule has 6 rings (SSSR count). The van der Waals surface area contributed by atoms with Gasteiger partial charge in [-0.25, -0.2) is 0 Å². The van der Waals surface area contributed by atoms with Gasteiger partial charge in [-0.2, -0.15) is 0 Å². The van der Waals surface area contributed by atoms with Crippen molar-refractivity contribution in [1.29, 1.82) is 0 Å². The fraction of sp³-hybridized carbons (Fsp3) is 0.259. The molecule has 0 aromatic heterocycles. The molecule has 0 bridgehead atoms. The van der Waals surface area contributed by atoms with Crippen molar-refractivity contribution in [2.75, 3.05) is 36.8 Å². The van der Waals surface area contributed by atoms with Crippen LogP contribution in [0.3, 0.4) is 0 Å². The van der Waals surface area contributed by atoms with Crippen molar-refractivity contribution in [2.24, 2.45) is 0 Å². The number of ether oxygens (including phenoxy) is 2. The molecule has 0 aliphatic rings. The number of hydrogen-bond acceptors (Lipinski definition) is 8. The average Bonchev–Trinajstić information content (AvgIpc) is 3.30. The third-order valence-corrected chi connectivity index (χ3v) is 10.6. The zero-order valence-electron chi connectivity index (χ0n) is 37.7. The third-order valence-electron chi connectivity index (χ3n) is 10.6. The van der Waals surface area contributed by atoms with Crippen LogP contribution in [0, 0.1) is 0 Å². The van der Waals surface area contributed by atoms with Crippen LogP contribution in [-0.2, 0) is 35.9 Å². The Morgan fingerprint density at radius 1 is 0.439 bits per heavy atom. The van der Waals surface area contributed by atoms with E-state index in [0.29, 0.717) is 60.3 Å². The highest BCUT2D eigenvalue weighted by Gasteiger charge is 2.19. The summed E-state index contributed by atoms with van der Waals surface area (Å²) >= 11 is 0. The Balaban J connectivity index is 0.00000476. The van der Waals surface area contributed by atoms with Gasteiger partial charge in [-0.15, -0.1) is 24.8 Å². The fourth-order valence-electron chi connectivity index (χ4n) is 7.43. The number of anilines is 2. The number of amides is 2. The van der Waals surface area contributed by atoms with Crippen LogP contribution < -0.4 is 20.1 Å². The molecule has 346 valence electrons. The maximum Gasteiger partial charge on any atom is 0.221 e.